The number of amides is 1. The Morgan fingerprint density at radius 2 is 1.90 bits per heavy atom. The fraction of sp³-hybridized carbons (Fsp3) is 0.636. The number of hydrogen-bond donors (Lipinski definition) is 3. The summed E-state index contributed by atoms with van der Waals surface area (Å²) in [5.74, 6) is 0.838. The average molecular weight is 401 g/mol. The summed E-state index contributed by atoms with van der Waals surface area (Å²) in [5.41, 5.74) is 6.70. The second-order valence-electron chi connectivity index (χ2n) is 8.14. The Morgan fingerprint density at radius 3 is 2.59 bits per heavy atom. The molecule has 0 saturated carbocycles. The molecule has 1 amide bonds. The van der Waals surface area contributed by atoms with Crippen molar-refractivity contribution in [1.29, 1.82) is 0 Å². The molecule has 7 heteroatoms. The first-order chi connectivity index (χ1) is 14.2. The monoisotopic (exact) mass is 400 g/mol. The Balaban J connectivity index is 1.28. The van der Waals surface area contributed by atoms with Crippen molar-refractivity contribution >= 4 is 17.6 Å². The van der Waals surface area contributed by atoms with E-state index in [0.29, 0.717) is 6.04 Å². The average Bonchev–Trinajstić information content (AvgIpc) is 3.22. The van der Waals surface area contributed by atoms with Gasteiger partial charge in [-0.2, -0.15) is 0 Å². The Labute approximate surface area is 174 Å². The van der Waals surface area contributed by atoms with E-state index in [2.05, 4.69) is 55.8 Å². The topological polar surface area (TPSA) is 86.0 Å². The van der Waals surface area contributed by atoms with Crippen LogP contribution in [0.5, 0.6) is 0 Å². The zero-order valence-electron chi connectivity index (χ0n) is 17.6. The first-order valence-electron chi connectivity index (χ1n) is 10.9. The van der Waals surface area contributed by atoms with E-state index in [1.807, 2.05) is 7.05 Å². The third-order valence-corrected chi connectivity index (χ3v) is 6.06. The number of guanidine groups is 1. The van der Waals surface area contributed by atoms with E-state index in [-0.39, 0.29) is 11.8 Å². The fourth-order valence-corrected chi connectivity index (χ4v) is 4.25. The van der Waals surface area contributed by atoms with Crippen LogP contribution in [0.4, 0.5) is 5.69 Å². The molecule has 2 saturated heterocycles. The second-order valence-corrected chi connectivity index (χ2v) is 8.14. The summed E-state index contributed by atoms with van der Waals surface area (Å²) < 4.78 is 0. The van der Waals surface area contributed by atoms with Crippen LogP contribution in [0.1, 0.15) is 32.1 Å². The summed E-state index contributed by atoms with van der Waals surface area (Å²) in [7, 11) is 1.84. The minimum atomic E-state index is -0.137. The van der Waals surface area contributed by atoms with Crippen molar-refractivity contribution in [2.75, 3.05) is 51.2 Å². The number of hydrogen-bond acceptors (Lipinski definition) is 4. The van der Waals surface area contributed by atoms with Crippen molar-refractivity contribution in [1.82, 2.24) is 15.5 Å². The lowest BCUT2D eigenvalue weighted by atomic mass is 9.96. The highest BCUT2D eigenvalue weighted by molar-refractivity contribution is 5.80. The van der Waals surface area contributed by atoms with Gasteiger partial charge in [0.05, 0.1) is 0 Å². The van der Waals surface area contributed by atoms with Gasteiger partial charge in [-0.3, -0.25) is 9.79 Å². The highest BCUT2D eigenvalue weighted by atomic mass is 16.1. The molecule has 0 spiro atoms. The largest absolute Gasteiger partial charge is 0.369 e. The smallest absolute Gasteiger partial charge is 0.220 e. The number of para-hydroxylation sites is 1. The predicted octanol–water partition coefficient (Wildman–Crippen LogP) is 1.41. The Hall–Kier alpha value is -2.28. The number of likely N-dealkylation sites (tertiary alicyclic amines) is 1. The molecule has 2 heterocycles. The number of nitrogens with two attached hydrogens (primary N) is 1. The molecular formula is C22H36N6O. The molecule has 29 heavy (non-hydrogen) atoms. The number of piperidine rings is 1. The summed E-state index contributed by atoms with van der Waals surface area (Å²) in [6, 6.07) is 11.0. The molecule has 0 radical (unpaired) electrons. The van der Waals surface area contributed by atoms with E-state index < -0.39 is 0 Å². The van der Waals surface area contributed by atoms with Crippen molar-refractivity contribution in [3.05, 3.63) is 30.3 Å². The Kier molecular flexibility index (Phi) is 8.16. The number of unbranched alkanes of at least 4 members (excludes halogenated alkanes) is 1. The van der Waals surface area contributed by atoms with Gasteiger partial charge in [0.25, 0.3) is 0 Å². The molecule has 1 aromatic carbocycles. The van der Waals surface area contributed by atoms with E-state index in [4.69, 9.17) is 5.73 Å². The number of carbonyl (C=O) groups excluding carboxylic acids is 1. The van der Waals surface area contributed by atoms with Crippen LogP contribution in [0.15, 0.2) is 35.3 Å². The van der Waals surface area contributed by atoms with Crippen LogP contribution >= 0.6 is 0 Å². The summed E-state index contributed by atoms with van der Waals surface area (Å²) in [6.45, 7) is 6.07. The number of nitrogens with one attached hydrogen (secondary N) is 2. The van der Waals surface area contributed by atoms with Gasteiger partial charge < -0.3 is 26.2 Å². The summed E-state index contributed by atoms with van der Waals surface area (Å²) >= 11 is 0. The molecule has 0 bridgehead atoms. The van der Waals surface area contributed by atoms with E-state index >= 15 is 0 Å². The van der Waals surface area contributed by atoms with E-state index in [1.165, 1.54) is 5.69 Å². The highest BCUT2D eigenvalue weighted by Gasteiger charge is 2.24. The highest BCUT2D eigenvalue weighted by Crippen LogP contribution is 2.19. The van der Waals surface area contributed by atoms with Gasteiger partial charge in [-0.1, -0.05) is 18.2 Å². The summed E-state index contributed by atoms with van der Waals surface area (Å²) in [4.78, 5) is 20.5. The quantitative estimate of drug-likeness (QED) is 0.349. The normalized spacial score (nSPS) is 21.3. The molecule has 2 fully saturated rings. The first-order valence-corrected chi connectivity index (χ1v) is 10.9. The number of primary amides is 1. The first kappa shape index (κ1) is 21.4. The molecule has 7 nitrogen and oxygen atoms in total. The minimum Gasteiger partial charge on any atom is -0.369 e. The van der Waals surface area contributed by atoms with Crippen LogP contribution in [0, 0.1) is 5.92 Å². The van der Waals surface area contributed by atoms with Gasteiger partial charge >= 0.3 is 0 Å². The van der Waals surface area contributed by atoms with Gasteiger partial charge in [0.1, 0.15) is 0 Å². The van der Waals surface area contributed by atoms with Crippen molar-refractivity contribution < 1.29 is 4.79 Å². The van der Waals surface area contributed by atoms with Crippen molar-refractivity contribution in [2.24, 2.45) is 16.6 Å². The molecule has 1 unspecified atom stereocenters. The van der Waals surface area contributed by atoms with Crippen LogP contribution < -0.4 is 21.3 Å². The lowest BCUT2D eigenvalue weighted by Crippen LogP contribution is -2.45. The lowest BCUT2D eigenvalue weighted by molar-refractivity contribution is -0.123. The van der Waals surface area contributed by atoms with Gasteiger partial charge in [0.2, 0.25) is 5.91 Å². The fourth-order valence-electron chi connectivity index (χ4n) is 4.25. The van der Waals surface area contributed by atoms with Crippen LogP contribution in [0.3, 0.4) is 0 Å². The minimum absolute atomic E-state index is 0.0794. The van der Waals surface area contributed by atoms with Gasteiger partial charge in [-0.15, -0.1) is 0 Å². The van der Waals surface area contributed by atoms with Gasteiger partial charge in [0, 0.05) is 44.3 Å². The van der Waals surface area contributed by atoms with Crippen LogP contribution in [0.2, 0.25) is 0 Å². The maximum Gasteiger partial charge on any atom is 0.220 e. The molecule has 3 rings (SSSR count). The zero-order chi connectivity index (χ0) is 20.5. The van der Waals surface area contributed by atoms with Crippen LogP contribution in [0.25, 0.3) is 0 Å². The maximum absolute atomic E-state index is 11.2. The molecule has 4 N–H and O–H groups in total. The van der Waals surface area contributed by atoms with E-state index in [0.717, 1.165) is 77.3 Å². The number of carbonyl (C=O) groups is 1. The predicted molar refractivity (Wildman–Crippen MR) is 119 cm³/mol. The molecule has 0 aliphatic carbocycles. The van der Waals surface area contributed by atoms with Crippen molar-refractivity contribution in [3.63, 3.8) is 0 Å². The van der Waals surface area contributed by atoms with Gasteiger partial charge in [-0.25, -0.2) is 0 Å². The number of benzene rings is 1. The molecule has 0 aromatic heterocycles. The SMILES string of the molecule is CN=C(NCCCCN1CCC(C(N)=O)CC1)NC1CCN(c2ccccc2)C1. The summed E-state index contributed by atoms with van der Waals surface area (Å²) in [5, 5.41) is 7.02. The third-order valence-electron chi connectivity index (χ3n) is 6.06. The van der Waals surface area contributed by atoms with E-state index in [9.17, 15) is 4.79 Å². The molecule has 1 atom stereocenters. The van der Waals surface area contributed by atoms with Crippen molar-refractivity contribution in [2.45, 2.75) is 38.1 Å². The van der Waals surface area contributed by atoms with Crippen LogP contribution in [-0.4, -0.2) is 69.1 Å². The second kappa shape index (κ2) is 11.0. The molecular weight excluding hydrogens is 364 g/mol. The lowest BCUT2D eigenvalue weighted by Gasteiger charge is -2.30. The molecule has 1 aromatic rings. The van der Waals surface area contributed by atoms with Gasteiger partial charge in [-0.05, 0) is 63.9 Å². The number of rotatable bonds is 8. The zero-order valence-corrected chi connectivity index (χ0v) is 17.6. The standard InChI is InChI=1S/C22H36N6O/c1-24-22(26-19-11-16-28(17-19)20-7-3-2-4-8-20)25-12-5-6-13-27-14-9-18(10-15-27)21(23)29/h2-4,7-8,18-19H,5-6,9-17H2,1H3,(H2,23,29)(H2,24,25,26). The number of nitrogens with zero attached hydrogens (tertiary/aromatic N) is 3. The van der Waals surface area contributed by atoms with Crippen molar-refractivity contribution in [3.8, 4) is 0 Å². The molecule has 2 aliphatic heterocycles. The number of aliphatic imine (C=N–C) groups is 1. The Morgan fingerprint density at radius 1 is 1.14 bits per heavy atom. The third kappa shape index (κ3) is 6.63. The van der Waals surface area contributed by atoms with Crippen LogP contribution in [-0.2, 0) is 4.79 Å². The van der Waals surface area contributed by atoms with Gasteiger partial charge in [0.15, 0.2) is 5.96 Å². The molecule has 2 aliphatic rings. The van der Waals surface area contributed by atoms with E-state index in [1.54, 1.807) is 0 Å². The number of anilines is 1. The molecule has 160 valence electrons. The summed E-state index contributed by atoms with van der Waals surface area (Å²) in [6.07, 6.45) is 5.20. The Bertz CT molecular complexity index is 657. The maximum atomic E-state index is 11.2.